The van der Waals surface area contributed by atoms with Crippen LogP contribution < -0.4 is 11.1 Å². The Hall–Kier alpha value is -2.63. The van der Waals surface area contributed by atoms with Gasteiger partial charge in [-0.25, -0.2) is 9.78 Å². The molecule has 140 valence electrons. The molecule has 0 spiro atoms. The van der Waals surface area contributed by atoms with E-state index in [-0.39, 0.29) is 16.5 Å². The second-order valence-electron chi connectivity index (χ2n) is 5.05. The summed E-state index contributed by atoms with van der Waals surface area (Å²) >= 11 is 1.03. The van der Waals surface area contributed by atoms with E-state index in [9.17, 15) is 18.9 Å². The van der Waals surface area contributed by atoms with Crippen LogP contribution in [0.5, 0.6) is 0 Å². The van der Waals surface area contributed by atoms with E-state index in [1.165, 1.54) is 5.38 Å². The summed E-state index contributed by atoms with van der Waals surface area (Å²) < 4.78 is 12.5. The maximum absolute atomic E-state index is 12.4. The van der Waals surface area contributed by atoms with Gasteiger partial charge in [0.15, 0.2) is 10.8 Å². The molecule has 0 saturated carbocycles. The lowest BCUT2D eigenvalue weighted by atomic mass is 10.0. The quantitative estimate of drug-likeness (QED) is 0.181. The molecule has 1 aliphatic rings. The fourth-order valence-corrected chi connectivity index (χ4v) is 3.70. The standard InChI is InChI=1S/C12H14N5O7PS/c1-5-8(11(22)17(5)25(23)4-18)15-10(21)9(16-24-2-7(19)20)6-3-26-12(13)14-6/h3,5,8,18H,2,4H2,1H3,(H3-,13,14,15,19,20,21)/p+1/b16-9-/t5-,8-/m0/s1. The highest BCUT2D eigenvalue weighted by Crippen LogP contribution is 2.37. The van der Waals surface area contributed by atoms with Gasteiger partial charge in [-0.15, -0.1) is 16.0 Å². The van der Waals surface area contributed by atoms with Crippen molar-refractivity contribution in [3.8, 4) is 0 Å². The van der Waals surface area contributed by atoms with Gasteiger partial charge in [-0.3, -0.25) is 9.59 Å². The number of aliphatic hydroxyl groups is 1. The highest BCUT2D eigenvalue weighted by Gasteiger charge is 2.55. The van der Waals surface area contributed by atoms with Crippen molar-refractivity contribution in [1.82, 2.24) is 15.0 Å². The van der Waals surface area contributed by atoms with Gasteiger partial charge in [-0.05, 0) is 11.5 Å². The lowest BCUT2D eigenvalue weighted by Crippen LogP contribution is -2.67. The first-order valence-electron chi connectivity index (χ1n) is 7.08. The van der Waals surface area contributed by atoms with Crippen LogP contribution in [-0.2, 0) is 23.8 Å². The minimum absolute atomic E-state index is 0.0492. The number of carbonyl (C=O) groups is 3. The largest absolute Gasteiger partial charge is 0.493 e. The van der Waals surface area contributed by atoms with E-state index in [2.05, 4.69) is 20.3 Å². The Labute approximate surface area is 151 Å². The summed E-state index contributed by atoms with van der Waals surface area (Å²) in [7, 11) is -2.27. The van der Waals surface area contributed by atoms with Crippen molar-refractivity contribution in [2.45, 2.75) is 19.0 Å². The monoisotopic (exact) mass is 404 g/mol. The van der Waals surface area contributed by atoms with Crippen LogP contribution in [0.15, 0.2) is 10.5 Å². The molecule has 1 unspecified atom stereocenters. The molecule has 0 aromatic carbocycles. The first kappa shape index (κ1) is 19.7. The summed E-state index contributed by atoms with van der Waals surface area (Å²) in [4.78, 5) is 43.4. The van der Waals surface area contributed by atoms with Crippen molar-refractivity contribution >= 4 is 47.9 Å². The third-order valence-electron chi connectivity index (χ3n) is 3.33. The average molecular weight is 404 g/mol. The van der Waals surface area contributed by atoms with Gasteiger partial charge in [0.1, 0.15) is 17.8 Å². The molecule has 14 heteroatoms. The number of anilines is 1. The van der Waals surface area contributed by atoms with Gasteiger partial charge >= 0.3 is 13.9 Å². The molecule has 1 aromatic heterocycles. The summed E-state index contributed by atoms with van der Waals surface area (Å²) in [5.41, 5.74) is 5.20. The summed E-state index contributed by atoms with van der Waals surface area (Å²) in [6.07, 6.45) is -0.681. The predicted molar refractivity (Wildman–Crippen MR) is 89.6 cm³/mol. The summed E-state index contributed by atoms with van der Waals surface area (Å²) in [6.45, 7) is 0.772. The van der Waals surface area contributed by atoms with Crippen LogP contribution in [0.2, 0.25) is 0 Å². The molecule has 1 aromatic rings. The van der Waals surface area contributed by atoms with Crippen molar-refractivity contribution in [3.05, 3.63) is 11.1 Å². The Kier molecular flexibility index (Phi) is 6.18. The smallest absolute Gasteiger partial charge is 0.479 e. The normalized spacial score (nSPS) is 20.4. The number of carbonyl (C=O) groups excluding carboxylic acids is 2. The lowest BCUT2D eigenvalue weighted by molar-refractivity contribution is -0.143. The van der Waals surface area contributed by atoms with Crippen LogP contribution in [-0.4, -0.2) is 68.4 Å². The molecule has 2 rings (SSSR count). The zero-order valence-electron chi connectivity index (χ0n) is 13.4. The number of carboxylic acids is 1. The Morgan fingerprint density at radius 3 is 2.77 bits per heavy atom. The van der Waals surface area contributed by atoms with Crippen LogP contribution in [0.25, 0.3) is 0 Å². The number of β-lactam (4-membered cyclic amide) rings is 1. The molecular weight excluding hydrogens is 389 g/mol. The lowest BCUT2D eigenvalue weighted by Gasteiger charge is -2.37. The Balaban J connectivity index is 2.13. The van der Waals surface area contributed by atoms with Gasteiger partial charge in [0.25, 0.3) is 18.2 Å². The van der Waals surface area contributed by atoms with Crippen LogP contribution >= 0.6 is 19.3 Å². The number of oxime groups is 1. The maximum Gasteiger partial charge on any atom is 0.493 e. The minimum atomic E-state index is -2.27. The molecule has 1 saturated heterocycles. The van der Waals surface area contributed by atoms with Crippen LogP contribution in [0.3, 0.4) is 0 Å². The number of aliphatic hydroxyl groups excluding tert-OH is 1. The fraction of sp³-hybridized carbons (Fsp3) is 0.417. The van der Waals surface area contributed by atoms with Crippen molar-refractivity contribution in [3.63, 3.8) is 0 Å². The molecule has 0 aliphatic carbocycles. The summed E-state index contributed by atoms with van der Waals surface area (Å²) in [5, 5.41) is 24.9. The second-order valence-corrected chi connectivity index (χ2v) is 7.35. The zero-order valence-corrected chi connectivity index (χ0v) is 15.1. The molecule has 12 nitrogen and oxygen atoms in total. The Bertz CT molecular complexity index is 782. The van der Waals surface area contributed by atoms with Gasteiger partial charge in [-0.2, -0.15) is 0 Å². The summed E-state index contributed by atoms with van der Waals surface area (Å²) in [6, 6.07) is -1.59. The van der Waals surface area contributed by atoms with E-state index in [0.29, 0.717) is 0 Å². The SMILES string of the molecule is C[C@H]1[C@H](NC(=O)/C(=N\OCC(=O)O)c2csc(N)n2)C(=O)N1[P+](=O)CO. The number of thiazole rings is 1. The number of hydrogen-bond acceptors (Lipinski definition) is 10. The molecule has 3 atom stereocenters. The minimum Gasteiger partial charge on any atom is -0.479 e. The first-order valence-corrected chi connectivity index (χ1v) is 9.36. The van der Waals surface area contributed by atoms with E-state index in [1.54, 1.807) is 6.92 Å². The number of nitrogens with one attached hydrogen (secondary N) is 1. The number of nitrogens with zero attached hydrogens (tertiary/aromatic N) is 3. The number of aromatic nitrogens is 1. The molecule has 26 heavy (non-hydrogen) atoms. The predicted octanol–water partition coefficient (Wildman–Crippen LogP) is -1.06. The highest BCUT2D eigenvalue weighted by atomic mass is 32.1. The molecule has 1 fully saturated rings. The molecule has 0 radical (unpaired) electrons. The highest BCUT2D eigenvalue weighted by molar-refractivity contribution is 7.42. The third kappa shape index (κ3) is 4.12. The van der Waals surface area contributed by atoms with E-state index in [4.69, 9.17) is 15.9 Å². The van der Waals surface area contributed by atoms with Gasteiger partial charge < -0.3 is 26.1 Å². The number of hydrogen-bond donors (Lipinski definition) is 4. The van der Waals surface area contributed by atoms with Gasteiger partial charge in [0.2, 0.25) is 6.61 Å². The zero-order chi connectivity index (χ0) is 19.4. The summed E-state index contributed by atoms with van der Waals surface area (Å²) in [5.74, 6) is -2.76. The number of rotatable bonds is 8. The Morgan fingerprint density at radius 2 is 2.27 bits per heavy atom. The number of nitrogens with two attached hydrogens (primary N) is 1. The van der Waals surface area contributed by atoms with Crippen molar-refractivity contribution < 1.29 is 34.0 Å². The Morgan fingerprint density at radius 1 is 1.58 bits per heavy atom. The topological polar surface area (TPSA) is 185 Å². The molecule has 2 amide bonds. The van der Waals surface area contributed by atoms with Crippen molar-refractivity contribution in [2.75, 3.05) is 18.7 Å². The van der Waals surface area contributed by atoms with Crippen LogP contribution in [0.1, 0.15) is 12.6 Å². The fourth-order valence-electron chi connectivity index (χ4n) is 2.13. The van der Waals surface area contributed by atoms with E-state index < -0.39 is 50.8 Å². The van der Waals surface area contributed by atoms with E-state index in [1.807, 2.05) is 0 Å². The number of aliphatic carboxylic acids is 1. The number of nitrogen functional groups attached to an aromatic ring is 1. The molecule has 1 aliphatic heterocycles. The van der Waals surface area contributed by atoms with Gasteiger partial charge in [0.05, 0.1) is 0 Å². The molecule has 5 N–H and O–H groups in total. The van der Waals surface area contributed by atoms with Crippen molar-refractivity contribution in [1.29, 1.82) is 0 Å². The van der Waals surface area contributed by atoms with Crippen LogP contribution in [0, 0.1) is 0 Å². The number of amides is 2. The average Bonchev–Trinajstić information content (AvgIpc) is 3.02. The molecular formula is C12H15N5O7PS+. The number of carboxylic acid groups (broad SMARTS) is 1. The molecule has 2 heterocycles. The second kappa shape index (κ2) is 8.17. The van der Waals surface area contributed by atoms with Gasteiger partial charge in [-0.1, -0.05) is 5.16 Å². The maximum atomic E-state index is 12.4. The van der Waals surface area contributed by atoms with E-state index >= 15 is 0 Å². The van der Waals surface area contributed by atoms with Crippen molar-refractivity contribution in [2.24, 2.45) is 5.16 Å². The van der Waals surface area contributed by atoms with Crippen LogP contribution in [0.4, 0.5) is 5.13 Å². The van der Waals surface area contributed by atoms with E-state index in [0.717, 1.165) is 16.0 Å². The first-order chi connectivity index (χ1) is 12.3. The van der Waals surface area contributed by atoms with Gasteiger partial charge in [0, 0.05) is 5.38 Å². The third-order valence-corrected chi connectivity index (χ3v) is 5.29. The molecule has 0 bridgehead atoms.